The summed E-state index contributed by atoms with van der Waals surface area (Å²) in [5.41, 5.74) is 4.50. The molecule has 1 aromatic heterocycles. The maximum atomic E-state index is 12.4. The number of amides is 1. The molecule has 0 saturated heterocycles. The Morgan fingerprint density at radius 3 is 2.47 bits per heavy atom. The number of halogens is 1. The number of carbonyl (C=O) groups excluding carboxylic acids is 1. The molecule has 0 fully saturated rings. The highest BCUT2D eigenvalue weighted by Crippen LogP contribution is 2.18. The van der Waals surface area contributed by atoms with Crippen LogP contribution in [-0.4, -0.2) is 15.7 Å². The number of hydrogen-bond acceptors (Lipinski definition) is 3. The molecule has 0 spiro atoms. The number of nitrogens with one attached hydrogen (secondary N) is 2. The van der Waals surface area contributed by atoms with E-state index in [1.165, 1.54) is 5.56 Å². The number of benzene rings is 3. The SMILES string of the molecule is O=C(Nc1cccc(CNCc2ccc(-n3cccn3)cc2)c1)c1ccccc1Cl. The number of nitrogens with zero attached hydrogens (tertiary/aromatic N) is 2. The summed E-state index contributed by atoms with van der Waals surface area (Å²) in [6.07, 6.45) is 3.69. The van der Waals surface area contributed by atoms with Crippen LogP contribution in [-0.2, 0) is 13.1 Å². The standard InChI is InChI=1S/C24H21ClN4O/c25-23-8-2-1-7-22(23)24(30)28-20-6-3-5-19(15-20)17-26-16-18-9-11-21(12-10-18)29-14-4-13-27-29/h1-15,26H,16-17H2,(H,28,30). The minimum absolute atomic E-state index is 0.219. The third kappa shape index (κ3) is 4.95. The van der Waals surface area contributed by atoms with Crippen LogP contribution < -0.4 is 10.6 Å². The summed E-state index contributed by atoms with van der Waals surface area (Å²) in [6, 6.07) is 25.0. The summed E-state index contributed by atoms with van der Waals surface area (Å²) in [4.78, 5) is 12.4. The average molecular weight is 417 g/mol. The van der Waals surface area contributed by atoms with E-state index in [0.717, 1.165) is 23.5 Å². The van der Waals surface area contributed by atoms with Gasteiger partial charge in [0, 0.05) is 31.2 Å². The van der Waals surface area contributed by atoms with Crippen molar-refractivity contribution in [2.24, 2.45) is 0 Å². The van der Waals surface area contributed by atoms with Gasteiger partial charge in [-0.1, -0.05) is 48.0 Å². The number of hydrogen-bond donors (Lipinski definition) is 2. The van der Waals surface area contributed by atoms with Gasteiger partial charge < -0.3 is 10.6 Å². The quantitative estimate of drug-likeness (QED) is 0.442. The van der Waals surface area contributed by atoms with Gasteiger partial charge in [0.25, 0.3) is 5.91 Å². The predicted octanol–water partition coefficient (Wildman–Crippen LogP) is 5.07. The van der Waals surface area contributed by atoms with E-state index in [2.05, 4.69) is 40.0 Å². The number of aromatic nitrogens is 2. The second kappa shape index (κ2) is 9.39. The fourth-order valence-electron chi connectivity index (χ4n) is 3.14. The summed E-state index contributed by atoms with van der Waals surface area (Å²) in [5.74, 6) is -0.219. The van der Waals surface area contributed by atoms with Gasteiger partial charge in [-0.25, -0.2) is 4.68 Å². The van der Waals surface area contributed by atoms with Gasteiger partial charge in [-0.2, -0.15) is 5.10 Å². The van der Waals surface area contributed by atoms with Crippen molar-refractivity contribution >= 4 is 23.2 Å². The zero-order valence-electron chi connectivity index (χ0n) is 16.3. The van der Waals surface area contributed by atoms with Gasteiger partial charge in [0.05, 0.1) is 16.3 Å². The van der Waals surface area contributed by atoms with Crippen molar-refractivity contribution in [3.05, 3.63) is 113 Å². The first kappa shape index (κ1) is 19.9. The van der Waals surface area contributed by atoms with Crippen molar-refractivity contribution < 1.29 is 4.79 Å². The van der Waals surface area contributed by atoms with Crippen molar-refractivity contribution in [2.45, 2.75) is 13.1 Å². The summed E-state index contributed by atoms with van der Waals surface area (Å²) >= 11 is 6.11. The van der Waals surface area contributed by atoms with E-state index in [9.17, 15) is 4.79 Å². The normalized spacial score (nSPS) is 10.7. The summed E-state index contributed by atoms with van der Waals surface area (Å²) in [5, 5.41) is 11.0. The van der Waals surface area contributed by atoms with E-state index in [0.29, 0.717) is 17.1 Å². The smallest absolute Gasteiger partial charge is 0.257 e. The molecule has 0 aliphatic rings. The maximum absolute atomic E-state index is 12.4. The predicted molar refractivity (Wildman–Crippen MR) is 120 cm³/mol. The van der Waals surface area contributed by atoms with Gasteiger partial charge >= 0.3 is 0 Å². The van der Waals surface area contributed by atoms with Crippen molar-refractivity contribution in [1.29, 1.82) is 0 Å². The Labute approximate surface area is 180 Å². The summed E-state index contributed by atoms with van der Waals surface area (Å²) < 4.78 is 1.83. The minimum atomic E-state index is -0.219. The van der Waals surface area contributed by atoms with Crippen LogP contribution in [0.25, 0.3) is 5.69 Å². The van der Waals surface area contributed by atoms with Crippen molar-refractivity contribution in [2.75, 3.05) is 5.32 Å². The third-order valence-electron chi connectivity index (χ3n) is 4.67. The zero-order valence-corrected chi connectivity index (χ0v) is 17.0. The van der Waals surface area contributed by atoms with Crippen LogP contribution in [0, 0.1) is 0 Å². The van der Waals surface area contributed by atoms with Crippen LogP contribution in [0.2, 0.25) is 5.02 Å². The highest BCUT2D eigenvalue weighted by atomic mass is 35.5. The van der Waals surface area contributed by atoms with E-state index in [1.54, 1.807) is 30.5 Å². The fourth-order valence-corrected chi connectivity index (χ4v) is 3.36. The number of anilines is 1. The van der Waals surface area contributed by atoms with Crippen LogP contribution in [0.4, 0.5) is 5.69 Å². The molecule has 1 heterocycles. The molecule has 150 valence electrons. The lowest BCUT2D eigenvalue weighted by Gasteiger charge is -2.10. The second-order valence-electron chi connectivity index (χ2n) is 6.85. The molecular weight excluding hydrogens is 396 g/mol. The van der Waals surface area contributed by atoms with Gasteiger partial charge in [-0.3, -0.25) is 4.79 Å². The number of carbonyl (C=O) groups is 1. The molecular formula is C24H21ClN4O. The van der Waals surface area contributed by atoms with Gasteiger partial charge in [-0.15, -0.1) is 0 Å². The molecule has 4 rings (SSSR count). The molecule has 0 unspecified atom stereocenters. The molecule has 0 saturated carbocycles. The van der Waals surface area contributed by atoms with Gasteiger partial charge in [0.2, 0.25) is 0 Å². The highest BCUT2D eigenvalue weighted by molar-refractivity contribution is 6.34. The van der Waals surface area contributed by atoms with Gasteiger partial charge in [-0.05, 0) is 53.6 Å². The largest absolute Gasteiger partial charge is 0.322 e. The molecule has 30 heavy (non-hydrogen) atoms. The Morgan fingerprint density at radius 2 is 1.70 bits per heavy atom. The Morgan fingerprint density at radius 1 is 0.900 bits per heavy atom. The molecule has 0 aliphatic carbocycles. The van der Waals surface area contributed by atoms with Crippen LogP contribution >= 0.6 is 11.6 Å². The van der Waals surface area contributed by atoms with Crippen molar-refractivity contribution in [3.63, 3.8) is 0 Å². The molecule has 6 heteroatoms. The van der Waals surface area contributed by atoms with E-state index < -0.39 is 0 Å². The first-order chi connectivity index (χ1) is 14.7. The first-order valence-corrected chi connectivity index (χ1v) is 10.0. The zero-order chi connectivity index (χ0) is 20.8. The Kier molecular flexibility index (Phi) is 6.23. The Balaban J connectivity index is 1.32. The van der Waals surface area contributed by atoms with Gasteiger partial charge in [0.1, 0.15) is 0 Å². The van der Waals surface area contributed by atoms with Crippen molar-refractivity contribution in [3.8, 4) is 5.69 Å². The Bertz CT molecular complexity index is 1120. The van der Waals surface area contributed by atoms with Crippen molar-refractivity contribution in [1.82, 2.24) is 15.1 Å². The van der Waals surface area contributed by atoms with Gasteiger partial charge in [0.15, 0.2) is 0 Å². The molecule has 0 radical (unpaired) electrons. The lowest BCUT2D eigenvalue weighted by Crippen LogP contribution is -2.14. The monoisotopic (exact) mass is 416 g/mol. The molecule has 1 amide bonds. The molecule has 4 aromatic rings. The van der Waals surface area contributed by atoms with E-state index >= 15 is 0 Å². The molecule has 3 aromatic carbocycles. The van der Waals surface area contributed by atoms with Crippen LogP contribution in [0.3, 0.4) is 0 Å². The van der Waals surface area contributed by atoms with Crippen LogP contribution in [0.15, 0.2) is 91.3 Å². The summed E-state index contributed by atoms with van der Waals surface area (Å²) in [6.45, 7) is 1.44. The van der Waals surface area contributed by atoms with Crippen LogP contribution in [0.1, 0.15) is 21.5 Å². The topological polar surface area (TPSA) is 59.0 Å². The lowest BCUT2D eigenvalue weighted by molar-refractivity contribution is 0.102. The minimum Gasteiger partial charge on any atom is -0.322 e. The molecule has 2 N–H and O–H groups in total. The molecule has 0 atom stereocenters. The third-order valence-corrected chi connectivity index (χ3v) is 5.00. The average Bonchev–Trinajstić information content (AvgIpc) is 3.30. The highest BCUT2D eigenvalue weighted by Gasteiger charge is 2.10. The number of rotatable bonds is 7. The Hall–Kier alpha value is -3.41. The van der Waals surface area contributed by atoms with Crippen LogP contribution in [0.5, 0.6) is 0 Å². The molecule has 0 bridgehead atoms. The fraction of sp³-hybridized carbons (Fsp3) is 0.0833. The summed E-state index contributed by atoms with van der Waals surface area (Å²) in [7, 11) is 0. The first-order valence-electron chi connectivity index (χ1n) is 9.63. The van der Waals surface area contributed by atoms with E-state index in [-0.39, 0.29) is 5.91 Å². The molecule has 5 nitrogen and oxygen atoms in total. The van der Waals surface area contributed by atoms with E-state index in [4.69, 9.17) is 11.6 Å². The molecule has 0 aliphatic heterocycles. The second-order valence-corrected chi connectivity index (χ2v) is 7.26. The lowest BCUT2D eigenvalue weighted by atomic mass is 10.1. The maximum Gasteiger partial charge on any atom is 0.257 e. The van der Waals surface area contributed by atoms with E-state index in [1.807, 2.05) is 41.2 Å².